The maximum atomic E-state index is 13.2. The summed E-state index contributed by atoms with van der Waals surface area (Å²) in [6, 6.07) is 6.77. The second-order valence-electron chi connectivity index (χ2n) is 6.40. The smallest absolute Gasteiger partial charge is 0.262 e. The number of halogens is 1. The van der Waals surface area contributed by atoms with Gasteiger partial charge in [0.2, 0.25) is 0 Å². The minimum atomic E-state index is -0.398. The molecular formula is C19H21ClN8O. The van der Waals surface area contributed by atoms with Gasteiger partial charge < -0.3 is 16.8 Å². The number of nitrogens with one attached hydrogen (secondary N) is 1. The summed E-state index contributed by atoms with van der Waals surface area (Å²) < 4.78 is 1.58. The number of nitrogens with zero attached hydrogens (tertiary/aromatic N) is 5. The largest absolute Gasteiger partial charge is 0.382 e. The van der Waals surface area contributed by atoms with Crippen LogP contribution in [0, 0.1) is 11.3 Å². The van der Waals surface area contributed by atoms with E-state index in [9.17, 15) is 10.1 Å². The van der Waals surface area contributed by atoms with Crippen molar-refractivity contribution in [3.63, 3.8) is 0 Å². The van der Waals surface area contributed by atoms with Gasteiger partial charge in [-0.05, 0) is 31.5 Å². The molecule has 0 spiro atoms. The Morgan fingerprint density at radius 3 is 2.86 bits per heavy atom. The Morgan fingerprint density at radius 2 is 2.17 bits per heavy atom. The Kier molecular flexibility index (Phi) is 6.26. The van der Waals surface area contributed by atoms with Crippen molar-refractivity contribution in [2.75, 3.05) is 17.6 Å². The minimum Gasteiger partial charge on any atom is -0.382 e. The van der Waals surface area contributed by atoms with Crippen LogP contribution in [0.3, 0.4) is 0 Å². The second kappa shape index (κ2) is 8.86. The predicted molar refractivity (Wildman–Crippen MR) is 112 cm³/mol. The molecule has 2 heterocycles. The number of fused-ring (bicyclic) bond motifs is 1. The van der Waals surface area contributed by atoms with Gasteiger partial charge in [0.15, 0.2) is 0 Å². The van der Waals surface area contributed by atoms with E-state index >= 15 is 0 Å². The van der Waals surface area contributed by atoms with Gasteiger partial charge in [0.25, 0.3) is 5.56 Å². The molecule has 10 heteroatoms. The molecule has 1 aromatic carbocycles. The maximum absolute atomic E-state index is 13.2. The Labute approximate surface area is 172 Å². The average Bonchev–Trinajstić information content (AvgIpc) is 2.71. The fraction of sp³-hybridized carbons (Fsp3) is 0.316. The van der Waals surface area contributed by atoms with Crippen LogP contribution in [0.4, 0.5) is 11.6 Å². The molecule has 0 radical (unpaired) electrons. The summed E-state index contributed by atoms with van der Waals surface area (Å²) in [5.41, 5.74) is 11.9. The molecule has 2 aromatic heterocycles. The van der Waals surface area contributed by atoms with Crippen LogP contribution in [-0.2, 0) is 6.54 Å². The SMILES string of the molecule is CC[C@H](Nc1ncnc(N)c1C#N)c1nc2cccc(Cl)c2c(=O)n1CCCN. The minimum absolute atomic E-state index is 0.0821. The molecule has 0 aliphatic rings. The van der Waals surface area contributed by atoms with Crippen LogP contribution in [-0.4, -0.2) is 26.1 Å². The lowest BCUT2D eigenvalue weighted by Gasteiger charge is -2.22. The number of rotatable bonds is 7. The van der Waals surface area contributed by atoms with E-state index in [1.54, 1.807) is 22.8 Å². The van der Waals surface area contributed by atoms with Crippen molar-refractivity contribution in [1.29, 1.82) is 5.26 Å². The van der Waals surface area contributed by atoms with E-state index in [1.807, 2.05) is 13.0 Å². The third-order valence-corrected chi connectivity index (χ3v) is 4.88. The molecule has 1 atom stereocenters. The number of nitrogens with two attached hydrogens (primary N) is 2. The van der Waals surface area contributed by atoms with Crippen LogP contribution in [0.2, 0.25) is 5.02 Å². The Balaban J connectivity index is 2.17. The summed E-state index contributed by atoms with van der Waals surface area (Å²) in [4.78, 5) is 25.9. The second-order valence-corrected chi connectivity index (χ2v) is 6.81. The molecule has 0 saturated carbocycles. The normalized spacial score (nSPS) is 11.9. The number of nitrogen functional groups attached to an aromatic ring is 1. The van der Waals surface area contributed by atoms with Crippen LogP contribution in [0.25, 0.3) is 10.9 Å². The third-order valence-electron chi connectivity index (χ3n) is 4.57. The van der Waals surface area contributed by atoms with E-state index in [-0.39, 0.29) is 22.8 Å². The molecule has 150 valence electrons. The molecule has 5 N–H and O–H groups in total. The highest BCUT2D eigenvalue weighted by Crippen LogP contribution is 2.26. The van der Waals surface area contributed by atoms with E-state index in [0.717, 1.165) is 0 Å². The zero-order chi connectivity index (χ0) is 21.0. The highest BCUT2D eigenvalue weighted by atomic mass is 35.5. The maximum Gasteiger partial charge on any atom is 0.262 e. The van der Waals surface area contributed by atoms with E-state index in [4.69, 9.17) is 28.1 Å². The predicted octanol–water partition coefficient (Wildman–Crippen LogP) is 2.21. The van der Waals surface area contributed by atoms with Crippen molar-refractivity contribution in [2.45, 2.75) is 32.4 Å². The summed E-state index contributed by atoms with van der Waals surface area (Å²) >= 11 is 6.26. The van der Waals surface area contributed by atoms with Gasteiger partial charge in [-0.15, -0.1) is 0 Å². The van der Waals surface area contributed by atoms with Gasteiger partial charge >= 0.3 is 0 Å². The quantitative estimate of drug-likeness (QED) is 0.534. The lowest BCUT2D eigenvalue weighted by molar-refractivity contribution is 0.550. The van der Waals surface area contributed by atoms with Gasteiger partial charge in [-0.2, -0.15) is 5.26 Å². The van der Waals surface area contributed by atoms with E-state index in [2.05, 4.69) is 15.3 Å². The first-order chi connectivity index (χ1) is 14.0. The number of anilines is 2. The van der Waals surface area contributed by atoms with Crippen LogP contribution < -0.4 is 22.3 Å². The lowest BCUT2D eigenvalue weighted by Crippen LogP contribution is -2.30. The highest BCUT2D eigenvalue weighted by molar-refractivity contribution is 6.35. The van der Waals surface area contributed by atoms with E-state index in [0.29, 0.717) is 47.7 Å². The first-order valence-corrected chi connectivity index (χ1v) is 9.55. The molecule has 3 aromatic rings. The van der Waals surface area contributed by atoms with Crippen molar-refractivity contribution in [3.05, 3.63) is 51.3 Å². The van der Waals surface area contributed by atoms with Gasteiger partial charge in [-0.3, -0.25) is 9.36 Å². The van der Waals surface area contributed by atoms with Gasteiger partial charge in [-0.25, -0.2) is 15.0 Å². The summed E-state index contributed by atoms with van der Waals surface area (Å²) in [5, 5.41) is 13.3. The molecule has 0 aliphatic heterocycles. The van der Waals surface area contributed by atoms with Gasteiger partial charge in [0, 0.05) is 6.54 Å². The molecule has 0 bridgehead atoms. The van der Waals surface area contributed by atoms with Gasteiger partial charge in [0.1, 0.15) is 35.4 Å². The van der Waals surface area contributed by atoms with Crippen molar-refractivity contribution >= 4 is 34.1 Å². The molecule has 29 heavy (non-hydrogen) atoms. The summed E-state index contributed by atoms with van der Waals surface area (Å²) in [6.45, 7) is 2.77. The number of aromatic nitrogens is 4. The molecular weight excluding hydrogens is 392 g/mol. The van der Waals surface area contributed by atoms with Crippen molar-refractivity contribution in [3.8, 4) is 6.07 Å². The zero-order valence-electron chi connectivity index (χ0n) is 15.9. The monoisotopic (exact) mass is 412 g/mol. The lowest BCUT2D eigenvalue weighted by atomic mass is 10.1. The highest BCUT2D eigenvalue weighted by Gasteiger charge is 2.22. The van der Waals surface area contributed by atoms with Crippen LogP contribution >= 0.6 is 11.6 Å². The molecule has 9 nitrogen and oxygen atoms in total. The molecule has 0 amide bonds. The fourth-order valence-electron chi connectivity index (χ4n) is 3.11. The average molecular weight is 413 g/mol. The Hall–Kier alpha value is -3.22. The van der Waals surface area contributed by atoms with E-state index < -0.39 is 6.04 Å². The summed E-state index contributed by atoms with van der Waals surface area (Å²) in [5.74, 6) is 0.887. The molecule has 3 rings (SSSR count). The Bertz CT molecular complexity index is 1140. The first kappa shape index (κ1) is 20.5. The molecule has 0 aliphatic carbocycles. The Morgan fingerprint density at radius 1 is 1.38 bits per heavy atom. The number of hydrogen-bond donors (Lipinski definition) is 3. The van der Waals surface area contributed by atoms with Crippen molar-refractivity contribution in [1.82, 2.24) is 19.5 Å². The van der Waals surface area contributed by atoms with Crippen LogP contribution in [0.5, 0.6) is 0 Å². The standard InChI is InChI=1S/C19H21ClN8O/c1-2-13(26-17-11(9-22)16(23)24-10-25-17)18-27-14-6-3-5-12(20)15(14)19(29)28(18)8-4-7-21/h3,5-6,10,13H,2,4,7-8,21H2,1H3,(H3,23,24,25,26)/t13-/m0/s1. The van der Waals surface area contributed by atoms with Crippen molar-refractivity contribution in [2.24, 2.45) is 5.73 Å². The third kappa shape index (κ3) is 3.99. The van der Waals surface area contributed by atoms with Crippen LogP contribution in [0.15, 0.2) is 29.3 Å². The summed E-state index contributed by atoms with van der Waals surface area (Å²) in [6.07, 6.45) is 2.46. The van der Waals surface area contributed by atoms with Gasteiger partial charge in [-0.1, -0.05) is 24.6 Å². The fourth-order valence-corrected chi connectivity index (χ4v) is 3.36. The van der Waals surface area contributed by atoms with Crippen LogP contribution in [0.1, 0.15) is 37.2 Å². The van der Waals surface area contributed by atoms with E-state index in [1.165, 1.54) is 6.33 Å². The number of nitriles is 1. The first-order valence-electron chi connectivity index (χ1n) is 9.17. The summed E-state index contributed by atoms with van der Waals surface area (Å²) in [7, 11) is 0. The number of hydrogen-bond acceptors (Lipinski definition) is 8. The van der Waals surface area contributed by atoms with Crippen molar-refractivity contribution < 1.29 is 0 Å². The molecule has 0 unspecified atom stereocenters. The van der Waals surface area contributed by atoms with Gasteiger partial charge in [0.05, 0.1) is 22.0 Å². The molecule has 0 saturated heterocycles. The molecule has 0 fully saturated rings. The zero-order valence-corrected chi connectivity index (χ0v) is 16.6. The number of benzene rings is 1. The topological polar surface area (TPSA) is 149 Å².